The van der Waals surface area contributed by atoms with Crippen LogP contribution in [0.4, 0.5) is 4.79 Å². The van der Waals surface area contributed by atoms with Gasteiger partial charge in [0.05, 0.1) is 0 Å². The van der Waals surface area contributed by atoms with Crippen molar-refractivity contribution in [2.24, 2.45) is 0 Å². The second kappa shape index (κ2) is 6.59. The topological polar surface area (TPSA) is 38.3 Å². The number of carbonyl (C=O) groups excluding carboxylic acids is 1. The molecule has 4 heteroatoms. The van der Waals surface area contributed by atoms with E-state index in [0.29, 0.717) is 5.75 Å². The van der Waals surface area contributed by atoms with Crippen LogP contribution in [0.15, 0.2) is 24.3 Å². The van der Waals surface area contributed by atoms with E-state index >= 15 is 0 Å². The van der Waals surface area contributed by atoms with Gasteiger partial charge in [0.1, 0.15) is 0 Å². The van der Waals surface area contributed by atoms with Crippen molar-refractivity contribution in [1.82, 2.24) is 5.32 Å². The number of benzene rings is 1. The zero-order valence-corrected chi connectivity index (χ0v) is 11.9. The molecule has 0 aliphatic rings. The summed E-state index contributed by atoms with van der Waals surface area (Å²) in [6, 6.07) is 7.92. The van der Waals surface area contributed by atoms with E-state index in [1.54, 1.807) is 7.05 Å². The second-order valence-electron chi connectivity index (χ2n) is 3.31. The van der Waals surface area contributed by atoms with E-state index in [2.05, 4.69) is 25.2 Å². The van der Waals surface area contributed by atoms with E-state index in [0.717, 1.165) is 0 Å². The molecule has 0 bridgehead atoms. The van der Waals surface area contributed by atoms with Crippen LogP contribution in [0.3, 0.4) is 0 Å². The molecule has 1 N–H and O–H groups in total. The van der Waals surface area contributed by atoms with E-state index in [1.165, 1.54) is 14.8 Å². The summed E-state index contributed by atoms with van der Waals surface area (Å²) in [5.41, 5.74) is 0. The number of hydrogen-bond donors (Lipinski definition) is 1. The fourth-order valence-corrected chi connectivity index (χ4v) is 5.23. The van der Waals surface area contributed by atoms with Gasteiger partial charge in [0, 0.05) is 0 Å². The first-order valence-corrected chi connectivity index (χ1v) is 9.05. The third-order valence-electron chi connectivity index (χ3n) is 2.36. The van der Waals surface area contributed by atoms with Crippen LogP contribution >= 0.6 is 0 Å². The van der Waals surface area contributed by atoms with Gasteiger partial charge >= 0.3 is 101 Å². The maximum atomic E-state index is 11.1. The van der Waals surface area contributed by atoms with Gasteiger partial charge in [0.25, 0.3) is 0 Å². The second-order valence-corrected chi connectivity index (χ2v) is 9.31. The Labute approximate surface area is 101 Å². The number of ether oxygens (including phenoxy) is 1. The Balaban J connectivity index is 2.81. The van der Waals surface area contributed by atoms with E-state index < -0.39 is 20.7 Å². The van der Waals surface area contributed by atoms with Gasteiger partial charge in [0.15, 0.2) is 0 Å². The molecular formula is C12H18AsNO2. The molecule has 0 radical (unpaired) electrons. The van der Waals surface area contributed by atoms with Gasteiger partial charge in [-0.3, -0.25) is 0 Å². The summed E-state index contributed by atoms with van der Waals surface area (Å²) in [7, 11) is 1.56. The molecule has 0 aliphatic carbocycles. The minimum absolute atomic E-state index is 0.413. The van der Waals surface area contributed by atoms with E-state index in [-0.39, 0.29) is 0 Å². The number of nitrogens with one attached hydrogen (secondary N) is 1. The quantitative estimate of drug-likeness (QED) is 0.860. The Kier molecular flexibility index (Phi) is 5.40. The van der Waals surface area contributed by atoms with Crippen LogP contribution in [0.2, 0.25) is 10.4 Å². The van der Waals surface area contributed by atoms with Gasteiger partial charge in [-0.25, -0.2) is 0 Å². The van der Waals surface area contributed by atoms with E-state index in [1.807, 2.05) is 18.2 Å². The Morgan fingerprint density at radius 3 is 2.62 bits per heavy atom. The molecule has 0 spiro atoms. The van der Waals surface area contributed by atoms with Crippen LogP contribution in [0.25, 0.3) is 0 Å². The molecule has 1 amide bonds. The van der Waals surface area contributed by atoms with Crippen molar-refractivity contribution in [3.05, 3.63) is 24.3 Å². The standard InChI is InChI=1S/C12H18AsNO2/c1-4-13(5-2)10-7-6-8-11(9-10)16-12(15)14-3/h6-9H,4-5H2,1-3H3,(H,14,15). The normalized spacial score (nSPS) is 10.2. The molecule has 0 atom stereocenters. The van der Waals surface area contributed by atoms with Crippen LogP contribution in [-0.4, -0.2) is 27.8 Å². The van der Waals surface area contributed by atoms with Crippen molar-refractivity contribution in [2.45, 2.75) is 24.3 Å². The summed E-state index contributed by atoms with van der Waals surface area (Å²) >= 11 is -0.913. The number of rotatable bonds is 4. The molecule has 0 unspecified atom stereocenters. The van der Waals surface area contributed by atoms with Crippen LogP contribution in [0, 0.1) is 0 Å². The molecule has 3 nitrogen and oxygen atoms in total. The Hall–Kier alpha value is -0.952. The fraction of sp³-hybridized carbons (Fsp3) is 0.417. The molecule has 88 valence electrons. The molecule has 0 saturated carbocycles. The number of carbonyl (C=O) groups is 1. The zero-order chi connectivity index (χ0) is 12.0. The summed E-state index contributed by atoms with van der Waals surface area (Å²) < 4.78 is 6.49. The summed E-state index contributed by atoms with van der Waals surface area (Å²) in [4.78, 5) is 11.1. The van der Waals surface area contributed by atoms with Crippen LogP contribution in [-0.2, 0) is 0 Å². The monoisotopic (exact) mass is 283 g/mol. The van der Waals surface area contributed by atoms with Crippen LogP contribution < -0.4 is 14.4 Å². The van der Waals surface area contributed by atoms with Gasteiger partial charge < -0.3 is 0 Å². The molecule has 0 aliphatic heterocycles. The predicted octanol–water partition coefficient (Wildman–Crippen LogP) is 2.15. The molecule has 0 heterocycles. The third-order valence-corrected chi connectivity index (χ3v) is 7.68. The van der Waals surface area contributed by atoms with Gasteiger partial charge in [0.2, 0.25) is 0 Å². The van der Waals surface area contributed by atoms with Crippen LogP contribution in [0.1, 0.15) is 13.8 Å². The average molecular weight is 283 g/mol. The molecule has 0 aromatic heterocycles. The van der Waals surface area contributed by atoms with Gasteiger partial charge in [-0.2, -0.15) is 0 Å². The molecule has 0 fully saturated rings. The van der Waals surface area contributed by atoms with Crippen LogP contribution in [0.5, 0.6) is 5.75 Å². The van der Waals surface area contributed by atoms with Crippen molar-refractivity contribution < 1.29 is 9.53 Å². The number of amides is 1. The van der Waals surface area contributed by atoms with Crippen molar-refractivity contribution >= 4 is 25.1 Å². The first-order valence-electron chi connectivity index (χ1n) is 5.45. The van der Waals surface area contributed by atoms with Crippen molar-refractivity contribution in [3.8, 4) is 5.75 Å². The Morgan fingerprint density at radius 2 is 2.06 bits per heavy atom. The van der Waals surface area contributed by atoms with Crippen molar-refractivity contribution in [1.29, 1.82) is 0 Å². The molecule has 1 rings (SSSR count). The van der Waals surface area contributed by atoms with Crippen molar-refractivity contribution in [2.75, 3.05) is 7.05 Å². The SMILES string of the molecule is CC[As](CC)c1cccc(OC(=O)NC)c1. The molecular weight excluding hydrogens is 265 g/mol. The predicted molar refractivity (Wildman–Crippen MR) is 67.9 cm³/mol. The first kappa shape index (κ1) is 13.1. The zero-order valence-electron chi connectivity index (χ0n) is 9.99. The number of hydrogen-bond acceptors (Lipinski definition) is 2. The maximum absolute atomic E-state index is 11.1. The Bertz CT molecular complexity index is 351. The van der Waals surface area contributed by atoms with Gasteiger partial charge in [-0.1, -0.05) is 0 Å². The van der Waals surface area contributed by atoms with E-state index in [4.69, 9.17) is 4.74 Å². The van der Waals surface area contributed by atoms with E-state index in [9.17, 15) is 4.79 Å². The third kappa shape index (κ3) is 3.57. The Morgan fingerprint density at radius 1 is 1.38 bits per heavy atom. The summed E-state index contributed by atoms with van der Waals surface area (Å²) in [5, 5.41) is 4.93. The van der Waals surface area contributed by atoms with Gasteiger partial charge in [-0.05, 0) is 0 Å². The molecule has 1 aromatic carbocycles. The molecule has 1 aromatic rings. The average Bonchev–Trinajstić information content (AvgIpc) is 2.31. The summed E-state index contributed by atoms with van der Waals surface area (Å²) in [6.07, 6.45) is -0.413. The minimum atomic E-state index is -0.913. The first-order chi connectivity index (χ1) is 7.71. The summed E-state index contributed by atoms with van der Waals surface area (Å²) in [6.45, 7) is 4.46. The molecule has 16 heavy (non-hydrogen) atoms. The van der Waals surface area contributed by atoms with Gasteiger partial charge in [-0.15, -0.1) is 0 Å². The molecule has 0 saturated heterocycles. The van der Waals surface area contributed by atoms with Crippen molar-refractivity contribution in [3.63, 3.8) is 0 Å². The fourth-order valence-electron chi connectivity index (χ4n) is 1.49. The summed E-state index contributed by atoms with van der Waals surface area (Å²) in [5.74, 6) is 0.637.